The van der Waals surface area contributed by atoms with Crippen molar-refractivity contribution in [2.75, 3.05) is 12.3 Å². The van der Waals surface area contributed by atoms with E-state index in [4.69, 9.17) is 5.26 Å². The van der Waals surface area contributed by atoms with Crippen molar-refractivity contribution in [1.29, 1.82) is 5.26 Å². The van der Waals surface area contributed by atoms with Crippen molar-refractivity contribution in [3.8, 4) is 17.2 Å². The van der Waals surface area contributed by atoms with Gasteiger partial charge in [0.25, 0.3) is 5.56 Å². The van der Waals surface area contributed by atoms with E-state index in [0.717, 1.165) is 11.1 Å². The summed E-state index contributed by atoms with van der Waals surface area (Å²) in [6.07, 6.45) is 1.90. The zero-order chi connectivity index (χ0) is 19.9. The fourth-order valence-corrected chi connectivity index (χ4v) is 4.50. The highest BCUT2D eigenvalue weighted by atomic mass is 32.2. The van der Waals surface area contributed by atoms with E-state index in [1.54, 1.807) is 10.6 Å². The number of hydrogen-bond acceptors (Lipinski definition) is 6. The van der Waals surface area contributed by atoms with E-state index in [-0.39, 0.29) is 23.6 Å². The highest BCUT2D eigenvalue weighted by molar-refractivity contribution is 7.99. The Hall–Kier alpha value is -2.89. The fraction of sp³-hybridized carbons (Fsp3) is 0.200. The van der Waals surface area contributed by atoms with Gasteiger partial charge in [-0.2, -0.15) is 5.26 Å². The van der Waals surface area contributed by atoms with E-state index in [2.05, 4.69) is 16.9 Å². The summed E-state index contributed by atoms with van der Waals surface area (Å²) in [4.78, 5) is 30.4. The summed E-state index contributed by atoms with van der Waals surface area (Å²) >= 11 is 2.62. The number of rotatable bonds is 8. The third kappa shape index (κ3) is 4.32. The lowest BCUT2D eigenvalue weighted by molar-refractivity contribution is -0.118. The first kappa shape index (κ1) is 19.9. The minimum absolute atomic E-state index is 0.122. The Bertz CT molecular complexity index is 1100. The average Bonchev–Trinajstić information content (AvgIpc) is 3.14. The number of thioether (sulfide) groups is 1. The Morgan fingerprint density at radius 3 is 2.89 bits per heavy atom. The Morgan fingerprint density at radius 1 is 1.39 bits per heavy atom. The fourth-order valence-electron chi connectivity index (χ4n) is 2.68. The second-order valence-corrected chi connectivity index (χ2v) is 7.64. The average molecular weight is 411 g/mol. The third-order valence-corrected chi connectivity index (χ3v) is 5.80. The molecular formula is C20H18N4O2S2. The minimum atomic E-state index is -0.198. The lowest BCUT2D eigenvalue weighted by atomic mass is 10.1. The van der Waals surface area contributed by atoms with E-state index >= 15 is 0 Å². The number of amides is 1. The molecule has 8 heteroatoms. The number of thiophene rings is 1. The van der Waals surface area contributed by atoms with Gasteiger partial charge >= 0.3 is 0 Å². The van der Waals surface area contributed by atoms with E-state index in [1.165, 1.54) is 23.1 Å². The number of fused-ring (bicyclic) bond motifs is 1. The van der Waals surface area contributed by atoms with E-state index in [1.807, 2.05) is 41.8 Å². The summed E-state index contributed by atoms with van der Waals surface area (Å²) in [6.45, 7) is 4.35. The summed E-state index contributed by atoms with van der Waals surface area (Å²) in [5.74, 6) is -0.0758. The van der Waals surface area contributed by atoms with Crippen LogP contribution in [0.3, 0.4) is 0 Å². The first-order valence-corrected chi connectivity index (χ1v) is 10.5. The summed E-state index contributed by atoms with van der Waals surface area (Å²) in [5, 5.41) is 14.2. The molecule has 0 saturated heterocycles. The number of aromatic nitrogens is 2. The molecule has 1 amide bonds. The summed E-state index contributed by atoms with van der Waals surface area (Å²) < 4.78 is 1.54. The van der Waals surface area contributed by atoms with Gasteiger partial charge in [-0.3, -0.25) is 14.2 Å². The maximum absolute atomic E-state index is 13.2. The smallest absolute Gasteiger partial charge is 0.263 e. The molecule has 6 nitrogen and oxygen atoms in total. The standard InChI is InChI=1S/C20H18N4O2S2/c1-2-11-24-19(26)17-15(14-7-4-3-5-8-14)12-27-18(17)23-20(24)28-13-16(25)22-10-6-9-21/h2-5,7-8,12H,1,6,10-11,13H2,(H,22,25). The van der Waals surface area contributed by atoms with Gasteiger partial charge < -0.3 is 5.32 Å². The van der Waals surface area contributed by atoms with Gasteiger partial charge in [-0.25, -0.2) is 4.98 Å². The highest BCUT2D eigenvalue weighted by Crippen LogP contribution is 2.32. The highest BCUT2D eigenvalue weighted by Gasteiger charge is 2.17. The van der Waals surface area contributed by atoms with Crippen LogP contribution in [0.5, 0.6) is 0 Å². The molecule has 2 heterocycles. The van der Waals surface area contributed by atoms with Crippen LogP contribution in [0.2, 0.25) is 0 Å². The topological polar surface area (TPSA) is 87.8 Å². The molecule has 0 atom stereocenters. The molecule has 1 N–H and O–H groups in total. The van der Waals surface area contributed by atoms with Crippen LogP contribution >= 0.6 is 23.1 Å². The normalized spacial score (nSPS) is 10.5. The molecule has 2 aromatic heterocycles. The van der Waals surface area contributed by atoms with Crippen molar-refractivity contribution in [2.45, 2.75) is 18.1 Å². The van der Waals surface area contributed by atoms with Gasteiger partial charge in [-0.05, 0) is 5.56 Å². The molecule has 0 aliphatic rings. The molecule has 142 valence electrons. The van der Waals surface area contributed by atoms with Gasteiger partial charge in [-0.1, -0.05) is 48.2 Å². The molecule has 0 saturated carbocycles. The second kappa shape index (κ2) is 9.35. The molecule has 0 fully saturated rings. The third-order valence-electron chi connectivity index (χ3n) is 3.95. The van der Waals surface area contributed by atoms with Crippen LogP contribution in [0.4, 0.5) is 0 Å². The molecule has 0 spiro atoms. The van der Waals surface area contributed by atoms with Crippen molar-refractivity contribution in [2.24, 2.45) is 0 Å². The number of nitrogens with zero attached hydrogens (tertiary/aromatic N) is 3. The van der Waals surface area contributed by atoms with Gasteiger partial charge in [0.05, 0.1) is 23.6 Å². The minimum Gasteiger partial charge on any atom is -0.354 e. The van der Waals surface area contributed by atoms with Gasteiger partial charge in [-0.15, -0.1) is 17.9 Å². The number of carbonyl (C=O) groups excluding carboxylic acids is 1. The number of carbonyl (C=O) groups is 1. The first-order valence-electron chi connectivity index (χ1n) is 8.60. The van der Waals surface area contributed by atoms with Gasteiger partial charge in [0.15, 0.2) is 5.16 Å². The summed E-state index contributed by atoms with van der Waals surface area (Å²) in [6, 6.07) is 11.7. The van der Waals surface area contributed by atoms with Crippen LogP contribution in [-0.4, -0.2) is 27.8 Å². The molecule has 0 radical (unpaired) electrons. The van der Waals surface area contributed by atoms with Crippen LogP contribution in [-0.2, 0) is 11.3 Å². The molecule has 28 heavy (non-hydrogen) atoms. The van der Waals surface area contributed by atoms with Crippen molar-refractivity contribution in [1.82, 2.24) is 14.9 Å². The van der Waals surface area contributed by atoms with Crippen molar-refractivity contribution >= 4 is 39.2 Å². The van der Waals surface area contributed by atoms with Crippen molar-refractivity contribution in [3.63, 3.8) is 0 Å². The lowest BCUT2D eigenvalue weighted by Crippen LogP contribution is -2.27. The zero-order valence-corrected chi connectivity index (χ0v) is 16.7. The van der Waals surface area contributed by atoms with Crippen LogP contribution in [0.25, 0.3) is 21.3 Å². The number of nitrogens with one attached hydrogen (secondary N) is 1. The largest absolute Gasteiger partial charge is 0.354 e. The Kier molecular flexibility index (Phi) is 6.63. The summed E-state index contributed by atoms with van der Waals surface area (Å²) in [5.41, 5.74) is 1.69. The van der Waals surface area contributed by atoms with Gasteiger partial charge in [0.2, 0.25) is 5.91 Å². The lowest BCUT2D eigenvalue weighted by Gasteiger charge is -2.10. The Morgan fingerprint density at radius 2 is 2.18 bits per heavy atom. The van der Waals surface area contributed by atoms with Crippen molar-refractivity contribution < 1.29 is 4.79 Å². The van der Waals surface area contributed by atoms with Crippen LogP contribution in [0.15, 0.2) is 58.3 Å². The van der Waals surface area contributed by atoms with Crippen LogP contribution < -0.4 is 10.9 Å². The molecule has 0 unspecified atom stereocenters. The molecule has 1 aromatic carbocycles. The number of hydrogen-bond donors (Lipinski definition) is 1. The van der Waals surface area contributed by atoms with Crippen molar-refractivity contribution in [3.05, 3.63) is 58.7 Å². The maximum atomic E-state index is 13.2. The van der Waals surface area contributed by atoms with E-state index in [9.17, 15) is 9.59 Å². The molecule has 3 aromatic rings. The monoisotopic (exact) mass is 410 g/mol. The Balaban J connectivity index is 1.95. The van der Waals surface area contributed by atoms with Gasteiger partial charge in [0.1, 0.15) is 4.83 Å². The van der Waals surface area contributed by atoms with Crippen LogP contribution in [0, 0.1) is 11.3 Å². The van der Waals surface area contributed by atoms with E-state index < -0.39 is 0 Å². The second-order valence-electron chi connectivity index (χ2n) is 5.84. The number of nitriles is 1. The molecular weight excluding hydrogens is 392 g/mol. The maximum Gasteiger partial charge on any atom is 0.263 e. The van der Waals surface area contributed by atoms with Crippen LogP contribution in [0.1, 0.15) is 6.42 Å². The number of allylic oxidation sites excluding steroid dienone is 1. The quantitative estimate of drug-likeness (QED) is 0.266. The molecule has 0 aliphatic heterocycles. The first-order chi connectivity index (χ1) is 13.7. The Labute approximate surface area is 170 Å². The predicted octanol–water partition coefficient (Wildman–Crippen LogP) is 3.43. The molecule has 0 aliphatic carbocycles. The van der Waals surface area contributed by atoms with Gasteiger partial charge in [0, 0.05) is 24.0 Å². The molecule has 0 bridgehead atoms. The van der Waals surface area contributed by atoms with E-state index in [0.29, 0.717) is 28.5 Å². The predicted molar refractivity (Wildman–Crippen MR) is 113 cm³/mol. The molecule has 3 rings (SSSR count). The zero-order valence-electron chi connectivity index (χ0n) is 15.1. The number of benzene rings is 1. The SMILES string of the molecule is C=CCn1c(SCC(=O)NCCC#N)nc2scc(-c3ccccc3)c2c1=O. The summed E-state index contributed by atoms with van der Waals surface area (Å²) in [7, 11) is 0.